The lowest BCUT2D eigenvalue weighted by atomic mass is 10.1. The molecule has 0 bridgehead atoms. The molecule has 0 spiro atoms. The largest absolute Gasteiger partial charge is 0.488 e. The number of carbonyl (C=O) groups excluding carboxylic acids is 1. The summed E-state index contributed by atoms with van der Waals surface area (Å²) in [6.45, 7) is 3.66. The Balaban J connectivity index is 2.17. The predicted octanol–water partition coefficient (Wildman–Crippen LogP) is 3.92. The fourth-order valence-corrected chi connectivity index (χ4v) is 1.83. The van der Waals surface area contributed by atoms with Crippen molar-refractivity contribution in [1.82, 2.24) is 0 Å². The number of Topliss-reactive ketones (excluding diaryl/α,β-unsaturated/α-hetero) is 1. The zero-order valence-electron chi connectivity index (χ0n) is 10.9. The molecule has 0 N–H and O–H groups in total. The Morgan fingerprint density at radius 3 is 2.68 bits per heavy atom. The van der Waals surface area contributed by atoms with E-state index in [0.717, 1.165) is 11.1 Å². The van der Waals surface area contributed by atoms with E-state index >= 15 is 0 Å². The van der Waals surface area contributed by atoms with E-state index < -0.39 is 0 Å². The minimum Gasteiger partial charge on any atom is -0.488 e. The maximum absolute atomic E-state index is 13.0. The van der Waals surface area contributed by atoms with Crippen LogP contribution in [0.1, 0.15) is 28.4 Å². The van der Waals surface area contributed by atoms with Gasteiger partial charge in [0.05, 0.1) is 5.56 Å². The molecule has 98 valence electrons. The summed E-state index contributed by atoms with van der Waals surface area (Å²) in [5, 5.41) is 0. The van der Waals surface area contributed by atoms with Gasteiger partial charge in [-0.3, -0.25) is 4.79 Å². The number of ether oxygens (including phenoxy) is 1. The van der Waals surface area contributed by atoms with Crippen molar-refractivity contribution < 1.29 is 13.9 Å². The first-order chi connectivity index (χ1) is 9.06. The molecule has 0 radical (unpaired) electrons. The highest BCUT2D eigenvalue weighted by molar-refractivity contribution is 5.97. The van der Waals surface area contributed by atoms with Crippen LogP contribution in [-0.4, -0.2) is 5.78 Å². The van der Waals surface area contributed by atoms with E-state index in [4.69, 9.17) is 4.74 Å². The summed E-state index contributed by atoms with van der Waals surface area (Å²) in [6, 6.07) is 11.7. The molecule has 0 aliphatic rings. The van der Waals surface area contributed by atoms with Gasteiger partial charge in [0.15, 0.2) is 5.78 Å². The van der Waals surface area contributed by atoms with Crippen LogP contribution in [0.4, 0.5) is 4.39 Å². The lowest BCUT2D eigenvalue weighted by molar-refractivity contribution is 0.101. The van der Waals surface area contributed by atoms with Crippen LogP contribution in [0.15, 0.2) is 42.5 Å². The van der Waals surface area contributed by atoms with Gasteiger partial charge in [0.1, 0.15) is 18.2 Å². The number of benzene rings is 2. The van der Waals surface area contributed by atoms with E-state index in [0.29, 0.717) is 11.3 Å². The van der Waals surface area contributed by atoms with Crippen molar-refractivity contribution in [1.29, 1.82) is 0 Å². The second kappa shape index (κ2) is 5.65. The maximum atomic E-state index is 13.0. The lowest BCUT2D eigenvalue weighted by Gasteiger charge is -2.10. The van der Waals surface area contributed by atoms with Crippen LogP contribution in [-0.2, 0) is 6.61 Å². The van der Waals surface area contributed by atoms with Crippen LogP contribution in [0.3, 0.4) is 0 Å². The second-order valence-electron chi connectivity index (χ2n) is 4.47. The summed E-state index contributed by atoms with van der Waals surface area (Å²) in [5.74, 6) is 0.192. The Morgan fingerprint density at radius 1 is 1.21 bits per heavy atom. The Morgan fingerprint density at radius 2 is 2.00 bits per heavy atom. The highest BCUT2D eigenvalue weighted by Crippen LogP contribution is 2.21. The topological polar surface area (TPSA) is 26.3 Å². The third kappa shape index (κ3) is 3.41. The van der Waals surface area contributed by atoms with Gasteiger partial charge in [-0.1, -0.05) is 23.8 Å². The number of ketones is 1. The third-order valence-electron chi connectivity index (χ3n) is 2.80. The van der Waals surface area contributed by atoms with Crippen LogP contribution in [0.2, 0.25) is 0 Å². The van der Waals surface area contributed by atoms with Crippen molar-refractivity contribution in [2.75, 3.05) is 0 Å². The van der Waals surface area contributed by atoms with Crippen molar-refractivity contribution in [3.05, 3.63) is 65.0 Å². The van der Waals surface area contributed by atoms with E-state index in [-0.39, 0.29) is 18.2 Å². The SMILES string of the molecule is CC(=O)c1cc(C)ccc1OCc1cccc(F)c1. The number of halogens is 1. The fraction of sp³-hybridized carbons (Fsp3) is 0.188. The van der Waals surface area contributed by atoms with Crippen LogP contribution in [0.5, 0.6) is 5.75 Å². The molecule has 2 rings (SSSR count). The van der Waals surface area contributed by atoms with Gasteiger partial charge >= 0.3 is 0 Å². The normalized spacial score (nSPS) is 10.3. The summed E-state index contributed by atoms with van der Waals surface area (Å²) in [7, 11) is 0. The van der Waals surface area contributed by atoms with Gasteiger partial charge in [-0.2, -0.15) is 0 Å². The summed E-state index contributed by atoms with van der Waals surface area (Å²) in [4.78, 5) is 11.5. The van der Waals surface area contributed by atoms with Gasteiger partial charge < -0.3 is 4.74 Å². The molecule has 2 nitrogen and oxygen atoms in total. The standard InChI is InChI=1S/C16H15FO2/c1-11-6-7-16(15(8-11)12(2)18)19-10-13-4-3-5-14(17)9-13/h3-9H,10H2,1-2H3. The first-order valence-corrected chi connectivity index (χ1v) is 6.05. The highest BCUT2D eigenvalue weighted by atomic mass is 19.1. The third-order valence-corrected chi connectivity index (χ3v) is 2.80. The average molecular weight is 258 g/mol. The molecule has 0 amide bonds. The lowest BCUT2D eigenvalue weighted by Crippen LogP contribution is -2.02. The predicted molar refractivity (Wildman–Crippen MR) is 71.9 cm³/mol. The zero-order valence-corrected chi connectivity index (χ0v) is 10.9. The molecule has 0 aliphatic heterocycles. The second-order valence-corrected chi connectivity index (χ2v) is 4.47. The Labute approximate surface area is 111 Å². The number of aryl methyl sites for hydroxylation is 1. The number of carbonyl (C=O) groups is 1. The van der Waals surface area contributed by atoms with E-state index in [1.807, 2.05) is 13.0 Å². The Hall–Kier alpha value is -2.16. The zero-order chi connectivity index (χ0) is 13.8. The molecule has 2 aromatic carbocycles. The van der Waals surface area contributed by atoms with E-state index in [9.17, 15) is 9.18 Å². The van der Waals surface area contributed by atoms with E-state index in [2.05, 4.69) is 0 Å². The van der Waals surface area contributed by atoms with Gasteiger partial charge in [0.25, 0.3) is 0 Å². The molecule has 0 aliphatic carbocycles. The quantitative estimate of drug-likeness (QED) is 0.777. The molecule has 0 heterocycles. The van der Waals surface area contributed by atoms with Gasteiger partial charge in [0.2, 0.25) is 0 Å². The summed E-state index contributed by atoms with van der Waals surface area (Å²) in [6.07, 6.45) is 0. The minimum absolute atomic E-state index is 0.0436. The highest BCUT2D eigenvalue weighted by Gasteiger charge is 2.09. The summed E-state index contributed by atoms with van der Waals surface area (Å²) in [5.41, 5.74) is 2.29. The first-order valence-electron chi connectivity index (χ1n) is 6.05. The molecule has 3 heteroatoms. The number of hydrogen-bond acceptors (Lipinski definition) is 2. The van der Waals surface area contributed by atoms with Crippen molar-refractivity contribution in [3.63, 3.8) is 0 Å². The average Bonchev–Trinajstić information content (AvgIpc) is 2.37. The Kier molecular flexibility index (Phi) is 3.95. The fourth-order valence-electron chi connectivity index (χ4n) is 1.83. The smallest absolute Gasteiger partial charge is 0.163 e. The van der Waals surface area contributed by atoms with Gasteiger partial charge in [0, 0.05) is 0 Å². The van der Waals surface area contributed by atoms with Gasteiger partial charge in [-0.15, -0.1) is 0 Å². The molecule has 0 aromatic heterocycles. The van der Waals surface area contributed by atoms with Crippen LogP contribution in [0.25, 0.3) is 0 Å². The van der Waals surface area contributed by atoms with Crippen LogP contribution >= 0.6 is 0 Å². The molecular formula is C16H15FO2. The first kappa shape index (κ1) is 13.3. The molecular weight excluding hydrogens is 243 g/mol. The number of hydrogen-bond donors (Lipinski definition) is 0. The molecule has 0 fully saturated rings. The maximum Gasteiger partial charge on any atom is 0.163 e. The van der Waals surface area contributed by atoms with Gasteiger partial charge in [-0.05, 0) is 43.7 Å². The van der Waals surface area contributed by atoms with Crippen molar-refractivity contribution in [2.45, 2.75) is 20.5 Å². The monoisotopic (exact) mass is 258 g/mol. The van der Waals surface area contributed by atoms with E-state index in [1.165, 1.54) is 19.1 Å². The van der Waals surface area contributed by atoms with Crippen molar-refractivity contribution >= 4 is 5.78 Å². The van der Waals surface area contributed by atoms with Gasteiger partial charge in [-0.25, -0.2) is 4.39 Å². The molecule has 19 heavy (non-hydrogen) atoms. The molecule has 0 saturated heterocycles. The Bertz CT molecular complexity index is 605. The molecule has 2 aromatic rings. The van der Waals surface area contributed by atoms with Crippen molar-refractivity contribution in [2.24, 2.45) is 0 Å². The summed E-state index contributed by atoms with van der Waals surface area (Å²) < 4.78 is 18.7. The van der Waals surface area contributed by atoms with Crippen LogP contribution in [0, 0.1) is 12.7 Å². The van der Waals surface area contributed by atoms with Crippen molar-refractivity contribution in [3.8, 4) is 5.75 Å². The molecule has 0 unspecified atom stereocenters. The number of rotatable bonds is 4. The molecule has 0 saturated carbocycles. The van der Waals surface area contributed by atoms with E-state index in [1.54, 1.807) is 24.3 Å². The minimum atomic E-state index is -0.295. The molecule has 0 atom stereocenters. The summed E-state index contributed by atoms with van der Waals surface area (Å²) >= 11 is 0. The van der Waals surface area contributed by atoms with Crippen LogP contribution < -0.4 is 4.74 Å².